The highest BCUT2D eigenvalue weighted by Crippen LogP contribution is 2.33. The zero-order valence-corrected chi connectivity index (χ0v) is 12.2. The minimum atomic E-state index is 0.120. The molecule has 1 fully saturated rings. The van der Waals surface area contributed by atoms with E-state index in [9.17, 15) is 0 Å². The number of piperidine rings is 1. The molecule has 0 aromatic carbocycles. The van der Waals surface area contributed by atoms with Gasteiger partial charge in [0.1, 0.15) is 0 Å². The predicted octanol–water partition coefficient (Wildman–Crippen LogP) is 1.85. The molecule has 1 atom stereocenters. The highest BCUT2D eigenvalue weighted by molar-refractivity contribution is 5.80. The molecule has 0 spiro atoms. The van der Waals surface area contributed by atoms with Crippen molar-refractivity contribution < 1.29 is 5.11 Å². The number of aliphatic hydroxyl groups excluding tert-OH is 1. The standard InChI is InChI=1S/C14H29N3O/c1-4-7-14(3)8-6-10-17(12-14)13(15-5-2)16-9-11-18/h18H,4-12H2,1-3H3,(H,15,16). The SMILES string of the molecule is CCCC1(C)CCCN(C(=NCCO)NCC)C1. The van der Waals surface area contributed by atoms with Crippen molar-refractivity contribution in [3.8, 4) is 0 Å². The quantitative estimate of drug-likeness (QED) is 0.582. The Hall–Kier alpha value is -0.770. The van der Waals surface area contributed by atoms with E-state index in [1.807, 2.05) is 0 Å². The van der Waals surface area contributed by atoms with Crippen molar-refractivity contribution in [2.45, 2.75) is 46.5 Å². The zero-order valence-electron chi connectivity index (χ0n) is 12.2. The van der Waals surface area contributed by atoms with E-state index in [4.69, 9.17) is 5.11 Å². The molecular weight excluding hydrogens is 226 g/mol. The van der Waals surface area contributed by atoms with Gasteiger partial charge < -0.3 is 15.3 Å². The molecule has 0 bridgehead atoms. The normalized spacial score (nSPS) is 25.3. The fraction of sp³-hybridized carbons (Fsp3) is 0.929. The first-order chi connectivity index (χ1) is 8.65. The molecule has 0 amide bonds. The molecule has 1 heterocycles. The molecule has 18 heavy (non-hydrogen) atoms. The van der Waals surface area contributed by atoms with Crippen LogP contribution in [0, 0.1) is 5.41 Å². The fourth-order valence-electron chi connectivity index (χ4n) is 2.89. The van der Waals surface area contributed by atoms with Crippen molar-refractivity contribution >= 4 is 5.96 Å². The van der Waals surface area contributed by atoms with Gasteiger partial charge in [0.2, 0.25) is 0 Å². The van der Waals surface area contributed by atoms with Gasteiger partial charge in [-0.1, -0.05) is 20.3 Å². The van der Waals surface area contributed by atoms with Crippen LogP contribution in [0.15, 0.2) is 4.99 Å². The molecule has 1 rings (SSSR count). The van der Waals surface area contributed by atoms with E-state index in [1.165, 1.54) is 25.7 Å². The molecule has 0 aromatic rings. The molecule has 0 aromatic heterocycles. The molecule has 1 saturated heterocycles. The summed E-state index contributed by atoms with van der Waals surface area (Å²) in [7, 11) is 0. The minimum absolute atomic E-state index is 0.120. The van der Waals surface area contributed by atoms with Gasteiger partial charge in [-0.3, -0.25) is 4.99 Å². The predicted molar refractivity (Wildman–Crippen MR) is 76.9 cm³/mol. The average molecular weight is 255 g/mol. The van der Waals surface area contributed by atoms with Gasteiger partial charge in [0.15, 0.2) is 5.96 Å². The summed E-state index contributed by atoms with van der Waals surface area (Å²) in [6, 6.07) is 0. The number of nitrogens with zero attached hydrogens (tertiary/aromatic N) is 2. The van der Waals surface area contributed by atoms with Crippen molar-refractivity contribution in [3.05, 3.63) is 0 Å². The van der Waals surface area contributed by atoms with Gasteiger partial charge in [-0.05, 0) is 31.6 Å². The number of nitrogens with one attached hydrogen (secondary N) is 1. The third-order valence-corrected chi connectivity index (χ3v) is 3.63. The smallest absolute Gasteiger partial charge is 0.194 e. The second-order valence-electron chi connectivity index (χ2n) is 5.55. The molecule has 1 aliphatic rings. The summed E-state index contributed by atoms with van der Waals surface area (Å²) in [4.78, 5) is 6.82. The molecule has 0 aliphatic carbocycles. The molecule has 4 heteroatoms. The molecule has 0 radical (unpaired) electrons. The van der Waals surface area contributed by atoms with Gasteiger partial charge in [-0.2, -0.15) is 0 Å². The number of likely N-dealkylation sites (tertiary alicyclic amines) is 1. The maximum Gasteiger partial charge on any atom is 0.194 e. The zero-order chi connectivity index (χ0) is 13.4. The Morgan fingerprint density at radius 3 is 2.83 bits per heavy atom. The highest BCUT2D eigenvalue weighted by Gasteiger charge is 2.31. The number of hydrogen-bond donors (Lipinski definition) is 2. The van der Waals surface area contributed by atoms with Crippen LogP contribution in [0.5, 0.6) is 0 Å². The lowest BCUT2D eigenvalue weighted by atomic mass is 9.78. The van der Waals surface area contributed by atoms with Gasteiger partial charge in [0.25, 0.3) is 0 Å². The highest BCUT2D eigenvalue weighted by atomic mass is 16.3. The van der Waals surface area contributed by atoms with Crippen molar-refractivity contribution in [3.63, 3.8) is 0 Å². The van der Waals surface area contributed by atoms with Crippen molar-refractivity contribution in [2.75, 3.05) is 32.8 Å². The third-order valence-electron chi connectivity index (χ3n) is 3.63. The van der Waals surface area contributed by atoms with Crippen LogP contribution >= 0.6 is 0 Å². The van der Waals surface area contributed by atoms with E-state index in [0.717, 1.165) is 25.6 Å². The van der Waals surface area contributed by atoms with Gasteiger partial charge in [0, 0.05) is 19.6 Å². The summed E-state index contributed by atoms with van der Waals surface area (Å²) < 4.78 is 0. The van der Waals surface area contributed by atoms with E-state index >= 15 is 0 Å². The Bertz CT molecular complexity index is 264. The molecule has 1 aliphatic heterocycles. The maximum absolute atomic E-state index is 8.92. The first-order valence-corrected chi connectivity index (χ1v) is 7.29. The number of aliphatic imine (C=N–C) groups is 1. The van der Waals surface area contributed by atoms with E-state index in [0.29, 0.717) is 12.0 Å². The molecule has 106 valence electrons. The Labute approximate surface area is 111 Å². The molecule has 1 unspecified atom stereocenters. The Morgan fingerprint density at radius 2 is 2.22 bits per heavy atom. The second kappa shape index (κ2) is 7.62. The molecule has 0 saturated carbocycles. The number of rotatable bonds is 5. The van der Waals surface area contributed by atoms with Gasteiger partial charge >= 0.3 is 0 Å². The van der Waals surface area contributed by atoms with Gasteiger partial charge in [-0.15, -0.1) is 0 Å². The van der Waals surface area contributed by atoms with Gasteiger partial charge in [0.05, 0.1) is 13.2 Å². The Kier molecular flexibility index (Phi) is 6.47. The first-order valence-electron chi connectivity index (χ1n) is 7.29. The Balaban J connectivity index is 2.67. The number of hydrogen-bond acceptors (Lipinski definition) is 2. The van der Waals surface area contributed by atoms with E-state index < -0.39 is 0 Å². The topological polar surface area (TPSA) is 47.9 Å². The van der Waals surface area contributed by atoms with Crippen LogP contribution in [-0.4, -0.2) is 48.8 Å². The van der Waals surface area contributed by atoms with E-state index in [-0.39, 0.29) is 6.61 Å². The average Bonchev–Trinajstić information content (AvgIpc) is 2.34. The maximum atomic E-state index is 8.92. The van der Waals surface area contributed by atoms with Crippen molar-refractivity contribution in [1.82, 2.24) is 10.2 Å². The number of guanidine groups is 1. The Morgan fingerprint density at radius 1 is 1.44 bits per heavy atom. The second-order valence-corrected chi connectivity index (χ2v) is 5.55. The summed E-state index contributed by atoms with van der Waals surface area (Å²) in [6.45, 7) is 10.4. The van der Waals surface area contributed by atoms with Crippen LogP contribution in [0.1, 0.15) is 46.5 Å². The summed E-state index contributed by atoms with van der Waals surface area (Å²) in [5.41, 5.74) is 0.419. The monoisotopic (exact) mass is 255 g/mol. The van der Waals surface area contributed by atoms with Crippen molar-refractivity contribution in [2.24, 2.45) is 10.4 Å². The van der Waals surface area contributed by atoms with E-state index in [2.05, 4.69) is 36.0 Å². The molecule has 4 nitrogen and oxygen atoms in total. The minimum Gasteiger partial charge on any atom is -0.394 e. The number of aliphatic hydroxyl groups is 1. The van der Waals surface area contributed by atoms with Crippen LogP contribution in [0.3, 0.4) is 0 Å². The van der Waals surface area contributed by atoms with Crippen LogP contribution in [0.4, 0.5) is 0 Å². The molecular formula is C14H29N3O. The summed E-state index contributed by atoms with van der Waals surface area (Å²) in [5.74, 6) is 0.966. The van der Waals surface area contributed by atoms with Crippen LogP contribution in [0.2, 0.25) is 0 Å². The van der Waals surface area contributed by atoms with Crippen LogP contribution < -0.4 is 5.32 Å². The lowest BCUT2D eigenvalue weighted by Crippen LogP contribution is -2.49. The summed E-state index contributed by atoms with van der Waals surface area (Å²) in [6.07, 6.45) is 5.08. The summed E-state index contributed by atoms with van der Waals surface area (Å²) in [5, 5.41) is 12.2. The van der Waals surface area contributed by atoms with E-state index in [1.54, 1.807) is 0 Å². The summed E-state index contributed by atoms with van der Waals surface area (Å²) >= 11 is 0. The first kappa shape index (κ1) is 15.3. The third kappa shape index (κ3) is 4.48. The van der Waals surface area contributed by atoms with Gasteiger partial charge in [-0.25, -0.2) is 0 Å². The van der Waals surface area contributed by atoms with Crippen molar-refractivity contribution in [1.29, 1.82) is 0 Å². The van der Waals surface area contributed by atoms with Crippen LogP contribution in [-0.2, 0) is 0 Å². The fourth-order valence-corrected chi connectivity index (χ4v) is 2.89. The largest absolute Gasteiger partial charge is 0.394 e. The lowest BCUT2D eigenvalue weighted by molar-refractivity contribution is 0.142. The molecule has 2 N–H and O–H groups in total. The lowest BCUT2D eigenvalue weighted by Gasteiger charge is -2.42. The van der Waals surface area contributed by atoms with Crippen LogP contribution in [0.25, 0.3) is 0 Å².